The Bertz CT molecular complexity index is 672. The Morgan fingerprint density at radius 3 is 2.37 bits per heavy atom. The molecule has 1 aromatic rings. The predicted octanol–water partition coefficient (Wildman–Crippen LogP) is 2.90. The Balaban J connectivity index is 2.27. The van der Waals surface area contributed by atoms with Gasteiger partial charge in [0.1, 0.15) is 0 Å². The fourth-order valence-corrected chi connectivity index (χ4v) is 2.83. The summed E-state index contributed by atoms with van der Waals surface area (Å²) in [5.74, 6) is -2.70. The Hall–Kier alpha value is -2.29. The molecule has 0 unspecified atom stereocenters. The number of hydrogen-bond donors (Lipinski definition) is 1. The van der Waals surface area contributed by atoms with Crippen LogP contribution in [0.3, 0.4) is 0 Å². The van der Waals surface area contributed by atoms with Crippen LogP contribution in [-0.2, 0) is 9.53 Å². The quantitative estimate of drug-likeness (QED) is 0.761. The van der Waals surface area contributed by atoms with E-state index in [4.69, 9.17) is 4.74 Å². The van der Waals surface area contributed by atoms with Crippen LogP contribution < -0.4 is 10.2 Å². The van der Waals surface area contributed by atoms with E-state index in [0.29, 0.717) is 25.2 Å². The lowest BCUT2D eigenvalue weighted by Crippen LogP contribution is -2.46. The molecule has 1 aromatic carbocycles. The Kier molecular flexibility index (Phi) is 7.06. The second-order valence-corrected chi connectivity index (χ2v) is 6.24. The SMILES string of the molecule is CCCOC(=O)c1cc(NC(=O)C(F)(F)F)ccc1N1CCN(CC)CC1. The maximum atomic E-state index is 12.5. The lowest BCUT2D eigenvalue weighted by Gasteiger charge is -2.36. The van der Waals surface area contributed by atoms with Crippen LogP contribution in [0.5, 0.6) is 0 Å². The summed E-state index contributed by atoms with van der Waals surface area (Å²) in [5, 5.41) is 1.78. The first kappa shape index (κ1) is 21.0. The van der Waals surface area contributed by atoms with E-state index in [1.54, 1.807) is 11.4 Å². The largest absolute Gasteiger partial charge is 0.471 e. The van der Waals surface area contributed by atoms with Gasteiger partial charge in [0.2, 0.25) is 0 Å². The summed E-state index contributed by atoms with van der Waals surface area (Å²) in [6.45, 7) is 8.09. The van der Waals surface area contributed by atoms with Crippen molar-refractivity contribution in [2.75, 3.05) is 49.5 Å². The predicted molar refractivity (Wildman–Crippen MR) is 96.0 cm³/mol. The molecule has 9 heteroatoms. The topological polar surface area (TPSA) is 61.9 Å². The van der Waals surface area contributed by atoms with E-state index in [1.165, 1.54) is 12.1 Å². The minimum Gasteiger partial charge on any atom is -0.462 e. The molecule has 1 amide bonds. The summed E-state index contributed by atoms with van der Waals surface area (Å²) in [7, 11) is 0. The number of anilines is 2. The van der Waals surface area contributed by atoms with Gasteiger partial charge in [-0.2, -0.15) is 13.2 Å². The molecule has 1 heterocycles. The van der Waals surface area contributed by atoms with Crippen molar-refractivity contribution < 1.29 is 27.5 Å². The van der Waals surface area contributed by atoms with Crippen molar-refractivity contribution >= 4 is 23.3 Å². The van der Waals surface area contributed by atoms with Gasteiger partial charge in [0.25, 0.3) is 0 Å². The number of nitrogens with zero attached hydrogens (tertiary/aromatic N) is 2. The van der Waals surface area contributed by atoms with Gasteiger partial charge in [0, 0.05) is 31.9 Å². The van der Waals surface area contributed by atoms with Crippen molar-refractivity contribution in [2.24, 2.45) is 0 Å². The van der Waals surface area contributed by atoms with Crippen molar-refractivity contribution in [1.29, 1.82) is 0 Å². The highest BCUT2D eigenvalue weighted by Gasteiger charge is 2.38. The molecule has 2 rings (SSSR count). The summed E-state index contributed by atoms with van der Waals surface area (Å²) in [4.78, 5) is 27.9. The molecule has 0 saturated carbocycles. The van der Waals surface area contributed by atoms with Gasteiger partial charge in [0.05, 0.1) is 17.9 Å². The number of alkyl halides is 3. The van der Waals surface area contributed by atoms with Crippen LogP contribution in [-0.4, -0.2) is 62.3 Å². The van der Waals surface area contributed by atoms with Crippen LogP contribution in [0.25, 0.3) is 0 Å². The standard InChI is InChI=1S/C18H24F3N3O3/c1-3-11-27-16(25)14-12-13(22-17(26)18(19,20)21)5-6-15(14)24-9-7-23(4-2)8-10-24/h5-6,12H,3-4,7-11H2,1-2H3,(H,22,26). The zero-order valence-electron chi connectivity index (χ0n) is 15.4. The van der Waals surface area contributed by atoms with Crippen molar-refractivity contribution in [1.82, 2.24) is 4.90 Å². The molecule has 1 aliphatic heterocycles. The average molecular weight is 387 g/mol. The number of halogens is 3. The number of likely N-dealkylation sites (N-methyl/N-ethyl adjacent to an activating group) is 1. The highest BCUT2D eigenvalue weighted by atomic mass is 19.4. The van der Waals surface area contributed by atoms with E-state index < -0.39 is 18.1 Å². The van der Waals surface area contributed by atoms with Crippen LogP contribution in [0, 0.1) is 0 Å². The molecule has 27 heavy (non-hydrogen) atoms. The number of benzene rings is 1. The monoisotopic (exact) mass is 387 g/mol. The first-order valence-electron chi connectivity index (χ1n) is 8.92. The molecule has 1 aliphatic rings. The Morgan fingerprint density at radius 1 is 1.15 bits per heavy atom. The van der Waals surface area contributed by atoms with Gasteiger partial charge in [-0.15, -0.1) is 0 Å². The molecule has 0 bridgehead atoms. The Labute approximate surface area is 156 Å². The van der Waals surface area contributed by atoms with Crippen LogP contribution in [0.2, 0.25) is 0 Å². The number of carbonyl (C=O) groups is 2. The summed E-state index contributed by atoms with van der Waals surface area (Å²) in [5.41, 5.74) is 0.641. The second kappa shape index (κ2) is 9.07. The van der Waals surface area contributed by atoms with E-state index >= 15 is 0 Å². The molecular weight excluding hydrogens is 363 g/mol. The zero-order valence-corrected chi connectivity index (χ0v) is 15.4. The maximum Gasteiger partial charge on any atom is 0.471 e. The number of amides is 1. The van der Waals surface area contributed by atoms with Gasteiger partial charge in [-0.1, -0.05) is 13.8 Å². The molecule has 1 N–H and O–H groups in total. The molecule has 1 saturated heterocycles. The first-order valence-corrected chi connectivity index (χ1v) is 8.92. The Morgan fingerprint density at radius 2 is 1.81 bits per heavy atom. The zero-order chi connectivity index (χ0) is 20.0. The van der Waals surface area contributed by atoms with Gasteiger partial charge in [0.15, 0.2) is 0 Å². The normalized spacial score (nSPS) is 15.5. The summed E-state index contributed by atoms with van der Waals surface area (Å²) < 4.78 is 42.6. The maximum absolute atomic E-state index is 12.5. The second-order valence-electron chi connectivity index (χ2n) is 6.24. The molecule has 6 nitrogen and oxygen atoms in total. The number of piperazine rings is 1. The smallest absolute Gasteiger partial charge is 0.462 e. The van der Waals surface area contributed by atoms with E-state index in [0.717, 1.165) is 19.6 Å². The van der Waals surface area contributed by atoms with E-state index in [9.17, 15) is 22.8 Å². The molecule has 0 aliphatic carbocycles. The van der Waals surface area contributed by atoms with E-state index in [1.807, 2.05) is 11.8 Å². The molecule has 0 spiro atoms. The van der Waals surface area contributed by atoms with Gasteiger partial charge in [-0.3, -0.25) is 4.79 Å². The van der Waals surface area contributed by atoms with Crippen molar-refractivity contribution in [2.45, 2.75) is 26.4 Å². The van der Waals surface area contributed by atoms with Crippen molar-refractivity contribution in [3.8, 4) is 0 Å². The molecular formula is C18H24F3N3O3. The molecule has 0 atom stereocenters. The highest BCUT2D eigenvalue weighted by Crippen LogP contribution is 2.27. The molecule has 1 fully saturated rings. The lowest BCUT2D eigenvalue weighted by atomic mass is 10.1. The van der Waals surface area contributed by atoms with Crippen LogP contribution >= 0.6 is 0 Å². The third kappa shape index (κ3) is 5.59. The van der Waals surface area contributed by atoms with Crippen LogP contribution in [0.15, 0.2) is 18.2 Å². The number of rotatable bonds is 6. The molecule has 0 aromatic heterocycles. The van der Waals surface area contributed by atoms with Crippen LogP contribution in [0.1, 0.15) is 30.6 Å². The minimum atomic E-state index is -5.00. The highest BCUT2D eigenvalue weighted by molar-refractivity contribution is 6.00. The summed E-state index contributed by atoms with van der Waals surface area (Å²) in [6.07, 6.45) is -4.38. The fourth-order valence-electron chi connectivity index (χ4n) is 2.83. The minimum absolute atomic E-state index is 0.100. The van der Waals surface area contributed by atoms with Crippen molar-refractivity contribution in [3.63, 3.8) is 0 Å². The first-order chi connectivity index (χ1) is 12.8. The summed E-state index contributed by atoms with van der Waals surface area (Å²) in [6, 6.07) is 4.15. The fraction of sp³-hybridized carbons (Fsp3) is 0.556. The number of carbonyl (C=O) groups excluding carboxylic acids is 2. The van der Waals surface area contributed by atoms with E-state index in [-0.39, 0.29) is 17.9 Å². The lowest BCUT2D eigenvalue weighted by molar-refractivity contribution is -0.167. The number of nitrogens with one attached hydrogen (secondary N) is 1. The summed E-state index contributed by atoms with van der Waals surface area (Å²) >= 11 is 0. The number of ether oxygens (including phenoxy) is 1. The van der Waals surface area contributed by atoms with Crippen molar-refractivity contribution in [3.05, 3.63) is 23.8 Å². The number of esters is 1. The molecule has 150 valence electrons. The molecule has 0 radical (unpaired) electrons. The third-order valence-electron chi connectivity index (χ3n) is 4.33. The van der Waals surface area contributed by atoms with Gasteiger partial charge in [-0.05, 0) is 31.2 Å². The van der Waals surface area contributed by atoms with Crippen LogP contribution in [0.4, 0.5) is 24.5 Å². The number of hydrogen-bond acceptors (Lipinski definition) is 5. The van der Waals surface area contributed by atoms with Gasteiger partial charge < -0.3 is 19.9 Å². The average Bonchev–Trinajstić information content (AvgIpc) is 2.65. The van der Waals surface area contributed by atoms with Gasteiger partial charge >= 0.3 is 18.1 Å². The third-order valence-corrected chi connectivity index (χ3v) is 4.33. The van der Waals surface area contributed by atoms with E-state index in [2.05, 4.69) is 11.8 Å². The van der Waals surface area contributed by atoms with Gasteiger partial charge in [-0.25, -0.2) is 4.79 Å².